The molecule has 1 aromatic rings. The third-order valence-corrected chi connectivity index (χ3v) is 3.17. The summed E-state index contributed by atoms with van der Waals surface area (Å²) in [5.41, 5.74) is 0.765. The highest BCUT2D eigenvalue weighted by atomic mass is 16.6. The Morgan fingerprint density at radius 1 is 1.38 bits per heavy atom. The second-order valence-electron chi connectivity index (χ2n) is 5.30. The van der Waals surface area contributed by atoms with E-state index in [2.05, 4.69) is 5.32 Å². The molecule has 0 aromatic heterocycles. The van der Waals surface area contributed by atoms with Gasteiger partial charge in [-0.2, -0.15) is 0 Å². The van der Waals surface area contributed by atoms with E-state index in [9.17, 15) is 14.9 Å². The molecule has 0 spiro atoms. The molecule has 0 saturated heterocycles. The van der Waals surface area contributed by atoms with Crippen molar-refractivity contribution in [3.63, 3.8) is 0 Å². The lowest BCUT2D eigenvalue weighted by atomic mass is 10.0. The molecule has 0 aliphatic heterocycles. The predicted octanol–water partition coefficient (Wildman–Crippen LogP) is 2.31. The lowest BCUT2D eigenvalue weighted by Gasteiger charge is -2.18. The van der Waals surface area contributed by atoms with Gasteiger partial charge in [-0.3, -0.25) is 14.9 Å². The van der Waals surface area contributed by atoms with E-state index in [-0.39, 0.29) is 22.6 Å². The van der Waals surface area contributed by atoms with Gasteiger partial charge in [0.2, 0.25) is 0 Å². The van der Waals surface area contributed by atoms with E-state index < -0.39 is 0 Å². The number of hydrogen-bond donors (Lipinski definition) is 1. The lowest BCUT2D eigenvalue weighted by Crippen LogP contribution is -2.39. The molecule has 6 heteroatoms. The van der Waals surface area contributed by atoms with E-state index in [0.29, 0.717) is 30.9 Å². The molecular formula is C15H22N2O4. The van der Waals surface area contributed by atoms with Crippen LogP contribution in [0.3, 0.4) is 0 Å². The maximum Gasteiger partial charge on any atom is 0.322 e. The molecule has 0 fully saturated rings. The zero-order valence-corrected chi connectivity index (χ0v) is 12.7. The molecule has 21 heavy (non-hydrogen) atoms. The van der Waals surface area contributed by atoms with E-state index in [0.717, 1.165) is 0 Å². The molecule has 6 nitrogen and oxygen atoms in total. The maximum atomic E-state index is 11.7. The Bertz CT molecular complexity index is 488. The number of ether oxygens (including phenoxy) is 1. The molecule has 0 bridgehead atoms. The summed E-state index contributed by atoms with van der Waals surface area (Å²) in [7, 11) is 1.36. The minimum absolute atomic E-state index is 0.109. The molecule has 1 rings (SSSR count). The minimum atomic E-state index is -0.388. The number of para-hydroxylation sites is 1. The van der Waals surface area contributed by atoms with Crippen molar-refractivity contribution < 1.29 is 14.5 Å². The summed E-state index contributed by atoms with van der Waals surface area (Å²) in [5, 5.41) is 14.0. The number of carbonyl (C=O) groups is 1. The van der Waals surface area contributed by atoms with Gasteiger partial charge in [-0.15, -0.1) is 0 Å². The average molecular weight is 294 g/mol. The van der Waals surface area contributed by atoms with Crippen LogP contribution in [0.15, 0.2) is 24.3 Å². The van der Waals surface area contributed by atoms with E-state index in [1.807, 2.05) is 13.8 Å². The Labute approximate surface area is 124 Å². The molecule has 1 unspecified atom stereocenters. The summed E-state index contributed by atoms with van der Waals surface area (Å²) in [6.45, 7) is 4.54. The monoisotopic (exact) mass is 294 g/mol. The smallest absolute Gasteiger partial charge is 0.322 e. The van der Waals surface area contributed by atoms with Crippen molar-refractivity contribution in [2.45, 2.75) is 32.7 Å². The number of rotatable bonds is 8. The van der Waals surface area contributed by atoms with Crippen LogP contribution in [0.5, 0.6) is 0 Å². The fourth-order valence-corrected chi connectivity index (χ4v) is 2.16. The topological polar surface area (TPSA) is 81.5 Å². The molecule has 0 aliphatic carbocycles. The van der Waals surface area contributed by atoms with Crippen LogP contribution in [0.1, 0.15) is 25.8 Å². The van der Waals surface area contributed by atoms with Crippen LogP contribution in [0.25, 0.3) is 0 Å². The number of methoxy groups -OCH3 is 1. The number of esters is 1. The van der Waals surface area contributed by atoms with Crippen molar-refractivity contribution in [1.82, 2.24) is 5.32 Å². The summed E-state index contributed by atoms with van der Waals surface area (Å²) in [6.07, 6.45) is 1.16. The van der Waals surface area contributed by atoms with Crippen molar-refractivity contribution in [2.24, 2.45) is 5.92 Å². The number of benzene rings is 1. The van der Waals surface area contributed by atoms with Crippen LogP contribution in [0, 0.1) is 16.0 Å². The van der Waals surface area contributed by atoms with E-state index in [1.165, 1.54) is 13.2 Å². The number of hydrogen-bond acceptors (Lipinski definition) is 5. The molecule has 0 amide bonds. The predicted molar refractivity (Wildman–Crippen MR) is 80.1 cm³/mol. The number of nitro groups is 1. The number of nitrogens with zero attached hydrogens (tertiary/aromatic N) is 1. The maximum absolute atomic E-state index is 11.7. The Balaban J connectivity index is 2.62. The van der Waals surface area contributed by atoms with Crippen LogP contribution < -0.4 is 5.32 Å². The molecule has 1 aromatic carbocycles. The highest BCUT2D eigenvalue weighted by Crippen LogP contribution is 2.17. The molecule has 1 atom stereocenters. The first-order valence-corrected chi connectivity index (χ1v) is 6.99. The van der Waals surface area contributed by atoms with Gasteiger partial charge >= 0.3 is 5.97 Å². The first kappa shape index (κ1) is 17.1. The molecule has 0 radical (unpaired) electrons. The van der Waals surface area contributed by atoms with Gasteiger partial charge in [-0.05, 0) is 18.8 Å². The fraction of sp³-hybridized carbons (Fsp3) is 0.533. The van der Waals surface area contributed by atoms with Gasteiger partial charge in [0.1, 0.15) is 6.04 Å². The molecule has 0 heterocycles. The summed E-state index contributed by atoms with van der Waals surface area (Å²) >= 11 is 0. The fourth-order valence-electron chi connectivity index (χ4n) is 2.16. The van der Waals surface area contributed by atoms with Crippen molar-refractivity contribution in [3.05, 3.63) is 39.9 Å². The van der Waals surface area contributed by atoms with Crippen LogP contribution in [-0.4, -0.2) is 30.6 Å². The van der Waals surface area contributed by atoms with Crippen LogP contribution in [0.4, 0.5) is 5.69 Å². The second kappa shape index (κ2) is 8.36. The number of nitrogens with one attached hydrogen (secondary N) is 1. The first-order valence-electron chi connectivity index (χ1n) is 6.99. The third kappa shape index (κ3) is 5.51. The Morgan fingerprint density at radius 2 is 2.05 bits per heavy atom. The largest absolute Gasteiger partial charge is 0.468 e. The SMILES string of the molecule is COC(=O)C(CC(C)C)NCCc1ccccc1[N+](=O)[O-]. The summed E-state index contributed by atoms with van der Waals surface area (Å²) in [6, 6.07) is 6.26. The van der Waals surface area contributed by atoms with Gasteiger partial charge in [0.05, 0.1) is 12.0 Å². The summed E-state index contributed by atoms with van der Waals surface area (Å²) in [4.78, 5) is 22.2. The van der Waals surface area contributed by atoms with E-state index in [4.69, 9.17) is 4.74 Å². The molecular weight excluding hydrogens is 272 g/mol. The van der Waals surface area contributed by atoms with Gasteiger partial charge < -0.3 is 10.1 Å². The third-order valence-electron chi connectivity index (χ3n) is 3.17. The number of carbonyl (C=O) groups excluding carboxylic acids is 1. The minimum Gasteiger partial charge on any atom is -0.468 e. The molecule has 116 valence electrons. The molecule has 0 aliphatic rings. The average Bonchev–Trinajstić information content (AvgIpc) is 2.45. The Kier molecular flexibility index (Phi) is 6.81. The summed E-state index contributed by atoms with van der Waals surface area (Å²) in [5.74, 6) is 0.0546. The van der Waals surface area contributed by atoms with Gasteiger partial charge in [-0.25, -0.2) is 0 Å². The normalized spacial score (nSPS) is 12.2. The Hall–Kier alpha value is -1.95. The van der Waals surface area contributed by atoms with Crippen LogP contribution >= 0.6 is 0 Å². The quantitative estimate of drug-likeness (QED) is 0.452. The van der Waals surface area contributed by atoms with Crippen molar-refractivity contribution in [2.75, 3.05) is 13.7 Å². The highest BCUT2D eigenvalue weighted by molar-refractivity contribution is 5.75. The lowest BCUT2D eigenvalue weighted by molar-refractivity contribution is -0.385. The molecule has 1 N–H and O–H groups in total. The van der Waals surface area contributed by atoms with Gasteiger partial charge in [0, 0.05) is 18.2 Å². The van der Waals surface area contributed by atoms with Crippen molar-refractivity contribution in [1.29, 1.82) is 0 Å². The zero-order valence-electron chi connectivity index (χ0n) is 12.7. The highest BCUT2D eigenvalue weighted by Gasteiger charge is 2.20. The van der Waals surface area contributed by atoms with Crippen molar-refractivity contribution in [3.8, 4) is 0 Å². The second-order valence-corrected chi connectivity index (χ2v) is 5.30. The standard InChI is InChI=1S/C15H22N2O4/c1-11(2)10-13(15(18)21-3)16-9-8-12-6-4-5-7-14(12)17(19)20/h4-7,11,13,16H,8-10H2,1-3H3. The molecule has 0 saturated carbocycles. The van der Waals surface area contributed by atoms with Gasteiger partial charge in [-0.1, -0.05) is 32.0 Å². The number of nitro benzene ring substituents is 1. The summed E-state index contributed by atoms with van der Waals surface area (Å²) < 4.78 is 4.77. The van der Waals surface area contributed by atoms with Crippen molar-refractivity contribution >= 4 is 11.7 Å². The van der Waals surface area contributed by atoms with E-state index >= 15 is 0 Å². The zero-order chi connectivity index (χ0) is 15.8. The van der Waals surface area contributed by atoms with Gasteiger partial charge in [0.25, 0.3) is 5.69 Å². The van der Waals surface area contributed by atoms with Crippen LogP contribution in [0.2, 0.25) is 0 Å². The van der Waals surface area contributed by atoms with E-state index in [1.54, 1.807) is 18.2 Å². The Morgan fingerprint density at radius 3 is 2.62 bits per heavy atom. The first-order chi connectivity index (χ1) is 9.95. The van der Waals surface area contributed by atoms with Gasteiger partial charge in [0.15, 0.2) is 0 Å². The van der Waals surface area contributed by atoms with Crippen LogP contribution in [-0.2, 0) is 16.0 Å².